The predicted octanol–water partition coefficient (Wildman–Crippen LogP) is 3.52. The second-order valence-corrected chi connectivity index (χ2v) is 6.41. The second kappa shape index (κ2) is 7.90. The van der Waals surface area contributed by atoms with Gasteiger partial charge in [0.1, 0.15) is 12.2 Å². The summed E-state index contributed by atoms with van der Waals surface area (Å²) in [5.74, 6) is 1.60. The van der Waals surface area contributed by atoms with Gasteiger partial charge in [-0.1, -0.05) is 61.9 Å². The van der Waals surface area contributed by atoms with Gasteiger partial charge in [-0.15, -0.1) is 10.2 Å². The minimum absolute atomic E-state index is 0.596. The van der Waals surface area contributed by atoms with Crippen molar-refractivity contribution in [1.82, 2.24) is 35.4 Å². The highest BCUT2D eigenvalue weighted by atomic mass is 15.5. The SMILES string of the molecule is CCCCn1ncnc1Cc1ccc(-c2ccccc2-c2nn[nH]n2)cc1. The van der Waals surface area contributed by atoms with E-state index < -0.39 is 0 Å². The molecule has 4 aromatic rings. The number of aromatic nitrogens is 7. The topological polar surface area (TPSA) is 85.2 Å². The van der Waals surface area contributed by atoms with Crippen LogP contribution in [-0.4, -0.2) is 35.4 Å². The molecule has 136 valence electrons. The number of benzene rings is 2. The maximum absolute atomic E-state index is 4.42. The van der Waals surface area contributed by atoms with Crippen molar-refractivity contribution in [3.63, 3.8) is 0 Å². The molecule has 0 spiro atoms. The fourth-order valence-corrected chi connectivity index (χ4v) is 3.11. The van der Waals surface area contributed by atoms with Crippen molar-refractivity contribution in [2.24, 2.45) is 0 Å². The van der Waals surface area contributed by atoms with Crippen LogP contribution in [0.2, 0.25) is 0 Å². The molecule has 27 heavy (non-hydrogen) atoms. The maximum Gasteiger partial charge on any atom is 0.205 e. The molecule has 2 aromatic heterocycles. The summed E-state index contributed by atoms with van der Waals surface area (Å²) in [6.07, 6.45) is 4.67. The lowest BCUT2D eigenvalue weighted by atomic mass is 9.98. The van der Waals surface area contributed by atoms with E-state index >= 15 is 0 Å². The zero-order chi connectivity index (χ0) is 18.5. The summed E-state index contributed by atoms with van der Waals surface area (Å²) >= 11 is 0. The van der Waals surface area contributed by atoms with Gasteiger partial charge in [-0.05, 0) is 28.3 Å². The highest BCUT2D eigenvalue weighted by Gasteiger charge is 2.11. The molecule has 7 nitrogen and oxygen atoms in total. The number of nitrogens with one attached hydrogen (secondary N) is 1. The number of tetrazole rings is 1. The van der Waals surface area contributed by atoms with Gasteiger partial charge in [-0.3, -0.25) is 0 Å². The third-order valence-electron chi connectivity index (χ3n) is 4.56. The smallest absolute Gasteiger partial charge is 0.205 e. The van der Waals surface area contributed by atoms with Crippen LogP contribution in [0.25, 0.3) is 22.5 Å². The van der Waals surface area contributed by atoms with Crippen LogP contribution >= 0.6 is 0 Å². The molecular formula is C20H21N7. The largest absolute Gasteiger partial charge is 0.250 e. The number of hydrogen-bond acceptors (Lipinski definition) is 5. The lowest BCUT2D eigenvalue weighted by molar-refractivity contribution is 0.550. The average molecular weight is 359 g/mol. The lowest BCUT2D eigenvalue weighted by Gasteiger charge is -2.09. The van der Waals surface area contributed by atoms with E-state index in [1.807, 2.05) is 22.9 Å². The normalized spacial score (nSPS) is 11.0. The van der Waals surface area contributed by atoms with Crippen LogP contribution in [0.3, 0.4) is 0 Å². The van der Waals surface area contributed by atoms with Crippen LogP contribution in [0, 0.1) is 0 Å². The standard InChI is InChI=1S/C20H21N7/c1-2-3-12-27-19(21-14-22-27)13-15-8-10-16(11-9-15)17-6-4-5-7-18(17)20-23-25-26-24-20/h4-11,14H,2-3,12-13H2,1H3,(H,23,24,25,26). The number of aryl methyl sites for hydroxylation is 1. The van der Waals surface area contributed by atoms with Crippen LogP contribution < -0.4 is 0 Å². The number of H-pyrrole nitrogens is 1. The Morgan fingerprint density at radius 1 is 1.00 bits per heavy atom. The molecule has 0 atom stereocenters. The van der Waals surface area contributed by atoms with Crippen molar-refractivity contribution < 1.29 is 0 Å². The molecule has 0 aliphatic heterocycles. The lowest BCUT2D eigenvalue weighted by Crippen LogP contribution is -2.06. The highest BCUT2D eigenvalue weighted by molar-refractivity contribution is 5.80. The molecule has 0 aliphatic rings. The van der Waals surface area contributed by atoms with E-state index in [9.17, 15) is 0 Å². The van der Waals surface area contributed by atoms with Gasteiger partial charge in [0.15, 0.2) is 0 Å². The first-order valence-corrected chi connectivity index (χ1v) is 9.14. The fourth-order valence-electron chi connectivity index (χ4n) is 3.11. The average Bonchev–Trinajstić information content (AvgIpc) is 3.39. The number of rotatable bonds is 7. The van der Waals surface area contributed by atoms with E-state index in [2.05, 4.69) is 68.0 Å². The van der Waals surface area contributed by atoms with Crippen LogP contribution in [0.1, 0.15) is 31.2 Å². The van der Waals surface area contributed by atoms with Crippen molar-refractivity contribution in [2.75, 3.05) is 0 Å². The minimum atomic E-state index is 0.596. The van der Waals surface area contributed by atoms with Gasteiger partial charge < -0.3 is 0 Å². The number of aromatic amines is 1. The Morgan fingerprint density at radius 2 is 1.81 bits per heavy atom. The van der Waals surface area contributed by atoms with Crippen molar-refractivity contribution in [3.8, 4) is 22.5 Å². The summed E-state index contributed by atoms with van der Waals surface area (Å²) in [5, 5.41) is 18.7. The molecule has 7 heteroatoms. The van der Waals surface area contributed by atoms with Gasteiger partial charge in [-0.2, -0.15) is 10.3 Å². The van der Waals surface area contributed by atoms with E-state index in [0.717, 1.165) is 48.3 Å². The minimum Gasteiger partial charge on any atom is -0.250 e. The van der Waals surface area contributed by atoms with E-state index in [-0.39, 0.29) is 0 Å². The molecule has 2 aromatic carbocycles. The summed E-state index contributed by atoms with van der Waals surface area (Å²) < 4.78 is 2.00. The zero-order valence-corrected chi connectivity index (χ0v) is 15.2. The number of nitrogens with zero attached hydrogens (tertiary/aromatic N) is 6. The van der Waals surface area contributed by atoms with E-state index in [1.165, 1.54) is 5.56 Å². The van der Waals surface area contributed by atoms with Gasteiger partial charge in [-0.25, -0.2) is 9.67 Å². The number of hydrogen-bond donors (Lipinski definition) is 1. The third-order valence-corrected chi connectivity index (χ3v) is 4.56. The van der Waals surface area contributed by atoms with Crippen LogP contribution in [0.15, 0.2) is 54.9 Å². The molecule has 0 amide bonds. The zero-order valence-electron chi connectivity index (χ0n) is 15.2. The Bertz CT molecular complexity index is 987. The highest BCUT2D eigenvalue weighted by Crippen LogP contribution is 2.29. The predicted molar refractivity (Wildman–Crippen MR) is 103 cm³/mol. The van der Waals surface area contributed by atoms with Crippen LogP contribution in [-0.2, 0) is 13.0 Å². The van der Waals surface area contributed by atoms with Crippen molar-refractivity contribution >= 4 is 0 Å². The van der Waals surface area contributed by atoms with Crippen LogP contribution in [0.4, 0.5) is 0 Å². The van der Waals surface area contributed by atoms with Gasteiger partial charge in [0.2, 0.25) is 5.82 Å². The summed E-state index contributed by atoms with van der Waals surface area (Å²) in [5.41, 5.74) is 4.36. The molecule has 0 saturated carbocycles. The molecule has 4 rings (SSSR count). The quantitative estimate of drug-likeness (QED) is 0.546. The fraction of sp³-hybridized carbons (Fsp3) is 0.250. The molecule has 2 heterocycles. The first-order chi connectivity index (χ1) is 13.3. The third kappa shape index (κ3) is 3.76. The van der Waals surface area contributed by atoms with Crippen molar-refractivity contribution in [3.05, 3.63) is 66.2 Å². The van der Waals surface area contributed by atoms with Crippen LogP contribution in [0.5, 0.6) is 0 Å². The summed E-state index contributed by atoms with van der Waals surface area (Å²) in [7, 11) is 0. The van der Waals surface area contributed by atoms with Crippen molar-refractivity contribution in [1.29, 1.82) is 0 Å². The van der Waals surface area contributed by atoms with E-state index in [1.54, 1.807) is 6.33 Å². The Kier molecular flexibility index (Phi) is 5.00. The molecule has 0 unspecified atom stereocenters. The van der Waals surface area contributed by atoms with Crippen molar-refractivity contribution in [2.45, 2.75) is 32.7 Å². The second-order valence-electron chi connectivity index (χ2n) is 6.41. The maximum atomic E-state index is 4.42. The molecule has 0 radical (unpaired) electrons. The molecular weight excluding hydrogens is 338 g/mol. The Balaban J connectivity index is 1.57. The molecule has 0 saturated heterocycles. The van der Waals surface area contributed by atoms with Gasteiger partial charge >= 0.3 is 0 Å². The van der Waals surface area contributed by atoms with E-state index in [0.29, 0.717) is 5.82 Å². The van der Waals surface area contributed by atoms with Gasteiger partial charge in [0, 0.05) is 18.5 Å². The van der Waals surface area contributed by atoms with Gasteiger partial charge in [0.05, 0.1) is 0 Å². The Hall–Kier alpha value is -3.35. The monoisotopic (exact) mass is 359 g/mol. The van der Waals surface area contributed by atoms with Gasteiger partial charge in [0.25, 0.3) is 0 Å². The summed E-state index contributed by atoms with van der Waals surface area (Å²) in [4.78, 5) is 4.42. The Morgan fingerprint density at radius 3 is 2.56 bits per heavy atom. The Labute approximate surface area is 157 Å². The molecule has 0 aliphatic carbocycles. The molecule has 0 fully saturated rings. The number of unbranched alkanes of at least 4 members (excludes halogenated alkanes) is 1. The van der Waals surface area contributed by atoms with E-state index in [4.69, 9.17) is 0 Å². The molecule has 1 N–H and O–H groups in total. The first kappa shape index (κ1) is 17.1. The first-order valence-electron chi connectivity index (χ1n) is 9.14. The summed E-state index contributed by atoms with van der Waals surface area (Å²) in [6.45, 7) is 3.10. The summed E-state index contributed by atoms with van der Waals surface area (Å²) in [6, 6.07) is 16.6. The molecule has 0 bridgehead atoms.